The fourth-order valence-corrected chi connectivity index (χ4v) is 3.13. The van der Waals surface area contributed by atoms with Crippen molar-refractivity contribution in [2.75, 3.05) is 16.4 Å². The largest absolute Gasteiger partial charge is 0.382 e. The van der Waals surface area contributed by atoms with Crippen molar-refractivity contribution in [1.29, 1.82) is 0 Å². The summed E-state index contributed by atoms with van der Waals surface area (Å²) >= 11 is 3.37. The average molecular weight is 422 g/mol. The van der Waals surface area contributed by atoms with E-state index in [0.717, 1.165) is 26.8 Å². The molecule has 7 heteroatoms. The molecule has 0 bridgehead atoms. The quantitative estimate of drug-likeness (QED) is 0.435. The summed E-state index contributed by atoms with van der Waals surface area (Å²) in [5.74, 6) is 0.488. The van der Waals surface area contributed by atoms with Crippen molar-refractivity contribution in [3.63, 3.8) is 0 Å². The molecule has 2 amide bonds. The summed E-state index contributed by atoms with van der Waals surface area (Å²) in [6.45, 7) is 0. The van der Waals surface area contributed by atoms with E-state index in [4.69, 9.17) is 5.73 Å². The van der Waals surface area contributed by atoms with Crippen LogP contribution in [0.25, 0.3) is 16.6 Å². The number of anilines is 3. The molecule has 0 aliphatic heterocycles. The standard InChI is InChI=1S/C20H16BrN5O/c21-14-5-9-16(10-6-14)25-20(27)24-15-7-3-13(4-8-15)17-2-1-11-26-12-23-19(22)18(17)26/h1-12H,22H2,(H2,24,25,27). The molecule has 4 N–H and O–H groups in total. The van der Waals surface area contributed by atoms with Crippen molar-refractivity contribution < 1.29 is 4.79 Å². The number of nitrogens with zero attached hydrogens (tertiary/aromatic N) is 2. The predicted molar refractivity (Wildman–Crippen MR) is 112 cm³/mol. The molecular weight excluding hydrogens is 406 g/mol. The van der Waals surface area contributed by atoms with Crippen LogP contribution in [0.1, 0.15) is 0 Å². The number of amides is 2. The van der Waals surface area contributed by atoms with Gasteiger partial charge in [0, 0.05) is 27.6 Å². The van der Waals surface area contributed by atoms with Gasteiger partial charge in [-0.1, -0.05) is 34.1 Å². The Morgan fingerprint density at radius 3 is 2.26 bits per heavy atom. The molecule has 0 atom stereocenters. The fourth-order valence-electron chi connectivity index (χ4n) is 2.87. The van der Waals surface area contributed by atoms with Gasteiger partial charge in [-0.2, -0.15) is 0 Å². The van der Waals surface area contributed by atoms with Crippen molar-refractivity contribution in [3.05, 3.63) is 77.7 Å². The van der Waals surface area contributed by atoms with Gasteiger partial charge in [-0.3, -0.25) is 0 Å². The molecule has 134 valence electrons. The summed E-state index contributed by atoms with van der Waals surface area (Å²) in [5.41, 5.74) is 10.3. The Morgan fingerprint density at radius 1 is 0.963 bits per heavy atom. The van der Waals surface area contributed by atoms with Crippen molar-refractivity contribution in [1.82, 2.24) is 9.38 Å². The third-order valence-electron chi connectivity index (χ3n) is 4.14. The van der Waals surface area contributed by atoms with E-state index in [2.05, 4.69) is 31.5 Å². The van der Waals surface area contributed by atoms with Gasteiger partial charge in [0.1, 0.15) is 12.1 Å². The summed E-state index contributed by atoms with van der Waals surface area (Å²) in [7, 11) is 0. The van der Waals surface area contributed by atoms with Gasteiger partial charge < -0.3 is 20.8 Å². The molecule has 6 nitrogen and oxygen atoms in total. The van der Waals surface area contributed by atoms with Crippen LogP contribution in [0.3, 0.4) is 0 Å². The number of aromatic nitrogens is 2. The van der Waals surface area contributed by atoms with E-state index in [-0.39, 0.29) is 6.03 Å². The van der Waals surface area contributed by atoms with Gasteiger partial charge >= 0.3 is 6.03 Å². The van der Waals surface area contributed by atoms with E-state index < -0.39 is 0 Å². The van der Waals surface area contributed by atoms with Crippen LogP contribution in [-0.2, 0) is 0 Å². The van der Waals surface area contributed by atoms with E-state index >= 15 is 0 Å². The number of carbonyl (C=O) groups excluding carboxylic acids is 1. The van der Waals surface area contributed by atoms with Crippen LogP contribution in [0, 0.1) is 0 Å². The van der Waals surface area contributed by atoms with Crippen LogP contribution in [0.4, 0.5) is 22.0 Å². The molecule has 2 heterocycles. The second kappa shape index (κ2) is 7.13. The number of urea groups is 1. The minimum atomic E-state index is -0.299. The SMILES string of the molecule is Nc1ncn2cccc(-c3ccc(NC(=O)Nc4ccc(Br)cc4)cc3)c12. The number of carbonyl (C=O) groups is 1. The normalized spacial score (nSPS) is 10.7. The number of hydrogen-bond donors (Lipinski definition) is 3. The van der Waals surface area contributed by atoms with E-state index in [1.54, 1.807) is 6.33 Å². The molecule has 4 aromatic rings. The Morgan fingerprint density at radius 2 is 1.59 bits per heavy atom. The Kier molecular flexibility index (Phi) is 4.52. The van der Waals surface area contributed by atoms with E-state index in [0.29, 0.717) is 11.5 Å². The first-order chi connectivity index (χ1) is 13.1. The first-order valence-electron chi connectivity index (χ1n) is 8.25. The molecule has 0 radical (unpaired) electrons. The summed E-state index contributed by atoms with van der Waals surface area (Å²) in [6, 6.07) is 18.6. The number of nitrogens with one attached hydrogen (secondary N) is 2. The van der Waals surface area contributed by atoms with E-state index in [1.165, 1.54) is 0 Å². The van der Waals surface area contributed by atoms with Gasteiger partial charge in [0.05, 0.1) is 5.52 Å². The lowest BCUT2D eigenvalue weighted by Gasteiger charge is -2.09. The Bertz CT molecular complexity index is 1100. The molecule has 0 aliphatic rings. The van der Waals surface area contributed by atoms with Gasteiger partial charge in [-0.15, -0.1) is 0 Å². The average Bonchev–Trinajstić information content (AvgIpc) is 3.06. The molecular formula is C20H16BrN5O. The number of nitrogens with two attached hydrogens (primary N) is 1. The maximum Gasteiger partial charge on any atom is 0.323 e. The van der Waals surface area contributed by atoms with Crippen molar-refractivity contribution in [2.45, 2.75) is 0 Å². The van der Waals surface area contributed by atoms with E-state index in [9.17, 15) is 4.79 Å². The second-order valence-corrected chi connectivity index (χ2v) is 6.89. The number of halogens is 1. The van der Waals surface area contributed by atoms with E-state index in [1.807, 2.05) is 71.3 Å². The molecule has 0 saturated heterocycles. The monoisotopic (exact) mass is 421 g/mol. The highest BCUT2D eigenvalue weighted by Crippen LogP contribution is 2.28. The number of fused-ring (bicyclic) bond motifs is 1. The molecule has 4 rings (SSSR count). The molecule has 0 spiro atoms. The van der Waals surface area contributed by atoms with Crippen LogP contribution >= 0.6 is 15.9 Å². The lowest BCUT2D eigenvalue weighted by atomic mass is 10.1. The number of benzene rings is 2. The van der Waals surface area contributed by atoms with Crippen LogP contribution in [0.15, 0.2) is 77.7 Å². The third kappa shape index (κ3) is 3.63. The highest BCUT2D eigenvalue weighted by molar-refractivity contribution is 9.10. The van der Waals surface area contributed by atoms with Crippen LogP contribution < -0.4 is 16.4 Å². The Balaban J connectivity index is 1.51. The van der Waals surface area contributed by atoms with Crippen molar-refractivity contribution in [3.8, 4) is 11.1 Å². The summed E-state index contributed by atoms with van der Waals surface area (Å²) < 4.78 is 2.85. The highest BCUT2D eigenvalue weighted by atomic mass is 79.9. The lowest BCUT2D eigenvalue weighted by Crippen LogP contribution is -2.19. The number of imidazole rings is 1. The molecule has 0 unspecified atom stereocenters. The predicted octanol–water partition coefficient (Wildman–Crippen LogP) is 4.99. The number of nitrogen functional groups attached to an aromatic ring is 1. The fraction of sp³-hybridized carbons (Fsp3) is 0. The van der Waals surface area contributed by atoms with Crippen molar-refractivity contribution in [2.24, 2.45) is 0 Å². The summed E-state index contributed by atoms with van der Waals surface area (Å²) in [4.78, 5) is 16.3. The first kappa shape index (κ1) is 17.1. The van der Waals surface area contributed by atoms with Gasteiger partial charge in [0.15, 0.2) is 0 Å². The molecule has 0 aliphatic carbocycles. The summed E-state index contributed by atoms with van der Waals surface area (Å²) in [5, 5.41) is 5.62. The maximum absolute atomic E-state index is 12.1. The Hall–Kier alpha value is -3.32. The maximum atomic E-state index is 12.1. The van der Waals surface area contributed by atoms with Gasteiger partial charge in [0.25, 0.3) is 0 Å². The minimum absolute atomic E-state index is 0.299. The number of pyridine rings is 1. The third-order valence-corrected chi connectivity index (χ3v) is 4.67. The Labute approximate surface area is 164 Å². The smallest absolute Gasteiger partial charge is 0.323 e. The minimum Gasteiger partial charge on any atom is -0.382 e. The molecule has 2 aromatic heterocycles. The highest BCUT2D eigenvalue weighted by Gasteiger charge is 2.09. The molecule has 0 saturated carbocycles. The topological polar surface area (TPSA) is 84.4 Å². The zero-order chi connectivity index (χ0) is 18.8. The number of hydrogen-bond acceptors (Lipinski definition) is 3. The van der Waals surface area contributed by atoms with Gasteiger partial charge in [0.2, 0.25) is 0 Å². The molecule has 2 aromatic carbocycles. The van der Waals surface area contributed by atoms with Crippen LogP contribution in [-0.4, -0.2) is 15.4 Å². The van der Waals surface area contributed by atoms with Crippen LogP contribution in [0.2, 0.25) is 0 Å². The zero-order valence-electron chi connectivity index (χ0n) is 14.2. The number of rotatable bonds is 3. The lowest BCUT2D eigenvalue weighted by molar-refractivity contribution is 0.262. The van der Waals surface area contributed by atoms with Crippen molar-refractivity contribution >= 4 is 44.7 Å². The van der Waals surface area contributed by atoms with Gasteiger partial charge in [-0.25, -0.2) is 9.78 Å². The van der Waals surface area contributed by atoms with Gasteiger partial charge in [-0.05, 0) is 48.0 Å². The molecule has 27 heavy (non-hydrogen) atoms. The zero-order valence-corrected chi connectivity index (χ0v) is 15.8. The van der Waals surface area contributed by atoms with Crippen LogP contribution in [0.5, 0.6) is 0 Å². The molecule has 0 fully saturated rings. The second-order valence-electron chi connectivity index (χ2n) is 5.97. The summed E-state index contributed by atoms with van der Waals surface area (Å²) in [6.07, 6.45) is 3.60. The first-order valence-corrected chi connectivity index (χ1v) is 9.04.